The second-order valence-corrected chi connectivity index (χ2v) is 7.90. The molecule has 2 aliphatic rings. The Bertz CT molecular complexity index is 1020. The van der Waals surface area contributed by atoms with Crippen LogP contribution in [0.1, 0.15) is 40.4 Å². The van der Waals surface area contributed by atoms with Gasteiger partial charge in [0.1, 0.15) is 5.82 Å². The molecule has 3 aromatic rings. The fraction of sp³-hybridized carbons (Fsp3) is 0.318. The molecule has 0 radical (unpaired) electrons. The minimum absolute atomic E-state index is 0.117. The van der Waals surface area contributed by atoms with Crippen LogP contribution in [0.2, 0.25) is 0 Å². The SMILES string of the molecule is NC(=O)c1ccc(N2CCC3(CC2)c2ccccc2[C@@H](n2ccnc2)[C@@H]3O)nc1. The van der Waals surface area contributed by atoms with E-state index in [0.29, 0.717) is 5.56 Å². The van der Waals surface area contributed by atoms with Crippen molar-refractivity contribution in [2.75, 3.05) is 18.0 Å². The van der Waals surface area contributed by atoms with Crippen molar-refractivity contribution in [2.24, 2.45) is 5.73 Å². The van der Waals surface area contributed by atoms with E-state index in [-0.39, 0.29) is 11.5 Å². The molecule has 2 atom stereocenters. The number of hydrogen-bond donors (Lipinski definition) is 2. The number of carbonyl (C=O) groups excluding carboxylic acids is 1. The van der Waals surface area contributed by atoms with Gasteiger partial charge in [-0.05, 0) is 36.1 Å². The first-order valence-electron chi connectivity index (χ1n) is 9.86. The van der Waals surface area contributed by atoms with Gasteiger partial charge in [-0.25, -0.2) is 9.97 Å². The zero-order valence-corrected chi connectivity index (χ0v) is 16.0. The van der Waals surface area contributed by atoms with E-state index in [9.17, 15) is 9.90 Å². The third kappa shape index (κ3) is 2.73. The molecular weight excluding hydrogens is 366 g/mol. The molecule has 1 aliphatic carbocycles. The summed E-state index contributed by atoms with van der Waals surface area (Å²) in [6.07, 6.45) is 8.12. The van der Waals surface area contributed by atoms with Crippen LogP contribution < -0.4 is 10.6 Å². The van der Waals surface area contributed by atoms with Crippen LogP contribution in [0, 0.1) is 0 Å². The molecule has 7 nitrogen and oxygen atoms in total. The molecular formula is C22H23N5O2. The highest BCUT2D eigenvalue weighted by atomic mass is 16.3. The second kappa shape index (κ2) is 6.70. The summed E-state index contributed by atoms with van der Waals surface area (Å²) in [7, 11) is 0. The van der Waals surface area contributed by atoms with Crippen molar-refractivity contribution in [1.82, 2.24) is 14.5 Å². The first-order chi connectivity index (χ1) is 14.1. The summed E-state index contributed by atoms with van der Waals surface area (Å²) in [5.74, 6) is 0.356. The molecule has 2 aromatic heterocycles. The van der Waals surface area contributed by atoms with Crippen molar-refractivity contribution in [2.45, 2.75) is 30.4 Å². The number of aliphatic hydroxyl groups is 1. The van der Waals surface area contributed by atoms with Gasteiger partial charge in [0.25, 0.3) is 0 Å². The van der Waals surface area contributed by atoms with Gasteiger partial charge in [0.2, 0.25) is 5.91 Å². The highest BCUT2D eigenvalue weighted by Gasteiger charge is 2.53. The molecule has 1 aromatic carbocycles. The van der Waals surface area contributed by atoms with E-state index >= 15 is 0 Å². The Morgan fingerprint density at radius 2 is 1.97 bits per heavy atom. The molecule has 5 rings (SSSR count). The number of imidazole rings is 1. The van der Waals surface area contributed by atoms with Crippen molar-refractivity contribution in [1.29, 1.82) is 0 Å². The van der Waals surface area contributed by atoms with E-state index in [4.69, 9.17) is 5.73 Å². The first-order valence-corrected chi connectivity index (χ1v) is 9.86. The number of nitrogens with zero attached hydrogens (tertiary/aromatic N) is 4. The first kappa shape index (κ1) is 17.9. The maximum Gasteiger partial charge on any atom is 0.250 e. The summed E-state index contributed by atoms with van der Waals surface area (Å²) in [5, 5.41) is 11.5. The standard InChI is InChI=1S/C22H23N5O2/c23-21(29)15-5-6-18(25-13-15)26-10-7-22(8-11-26)17-4-2-1-3-16(17)19(20(22)28)27-12-9-24-14-27/h1-6,9,12-14,19-20,28H,7-8,10-11H2,(H2,23,29)/t19-,20+/m1/s1. The largest absolute Gasteiger partial charge is 0.390 e. The van der Waals surface area contributed by atoms with Gasteiger partial charge in [-0.1, -0.05) is 24.3 Å². The number of carbonyl (C=O) groups is 1. The summed E-state index contributed by atoms with van der Waals surface area (Å²) in [5.41, 5.74) is 7.85. The molecule has 1 amide bonds. The molecule has 3 N–H and O–H groups in total. The number of fused-ring (bicyclic) bond motifs is 2. The molecule has 0 bridgehead atoms. The summed E-state index contributed by atoms with van der Waals surface area (Å²) in [6.45, 7) is 1.57. The summed E-state index contributed by atoms with van der Waals surface area (Å²) in [6, 6.07) is 11.8. The molecule has 3 heterocycles. The molecule has 148 valence electrons. The normalized spacial score (nSPS) is 22.6. The van der Waals surface area contributed by atoms with Crippen molar-refractivity contribution in [3.63, 3.8) is 0 Å². The minimum Gasteiger partial charge on any atom is -0.390 e. The minimum atomic E-state index is -0.513. The van der Waals surface area contributed by atoms with Gasteiger partial charge in [-0.3, -0.25) is 4.79 Å². The maximum absolute atomic E-state index is 11.5. The fourth-order valence-corrected chi connectivity index (χ4v) is 5.02. The Morgan fingerprint density at radius 1 is 1.17 bits per heavy atom. The Kier molecular flexibility index (Phi) is 4.13. The number of piperidine rings is 1. The van der Waals surface area contributed by atoms with Gasteiger partial charge in [-0.15, -0.1) is 0 Å². The van der Waals surface area contributed by atoms with Gasteiger partial charge in [-0.2, -0.15) is 0 Å². The second-order valence-electron chi connectivity index (χ2n) is 7.90. The maximum atomic E-state index is 11.5. The Hall–Kier alpha value is -3.19. The molecule has 29 heavy (non-hydrogen) atoms. The summed E-state index contributed by atoms with van der Waals surface area (Å²) < 4.78 is 2.01. The zero-order chi connectivity index (χ0) is 20.0. The number of hydrogen-bond acceptors (Lipinski definition) is 5. The van der Waals surface area contributed by atoms with Crippen LogP contribution in [0.3, 0.4) is 0 Å². The van der Waals surface area contributed by atoms with Crippen molar-refractivity contribution >= 4 is 11.7 Å². The summed E-state index contributed by atoms with van der Waals surface area (Å²) in [4.78, 5) is 22.1. The number of nitrogens with two attached hydrogens (primary N) is 1. The van der Waals surface area contributed by atoms with Crippen LogP contribution >= 0.6 is 0 Å². The number of pyridine rings is 1. The van der Waals surface area contributed by atoms with Crippen LogP contribution in [0.4, 0.5) is 5.82 Å². The zero-order valence-electron chi connectivity index (χ0n) is 16.0. The van der Waals surface area contributed by atoms with Gasteiger partial charge in [0.15, 0.2) is 0 Å². The van der Waals surface area contributed by atoms with Crippen LogP contribution in [0.25, 0.3) is 0 Å². The summed E-state index contributed by atoms with van der Waals surface area (Å²) >= 11 is 0. The molecule has 1 aliphatic heterocycles. The van der Waals surface area contributed by atoms with Crippen LogP contribution in [-0.2, 0) is 5.41 Å². The van der Waals surface area contributed by atoms with Crippen molar-refractivity contribution in [3.05, 3.63) is 78.0 Å². The van der Waals surface area contributed by atoms with Gasteiger partial charge < -0.3 is 20.3 Å². The molecule has 0 unspecified atom stereocenters. The number of rotatable bonds is 3. The van der Waals surface area contributed by atoms with E-state index in [2.05, 4.69) is 33.1 Å². The van der Waals surface area contributed by atoms with Gasteiger partial charge >= 0.3 is 0 Å². The number of aliphatic hydroxyl groups excluding tert-OH is 1. The highest BCUT2D eigenvalue weighted by molar-refractivity contribution is 5.92. The average Bonchev–Trinajstić information content (AvgIpc) is 3.35. The van der Waals surface area contributed by atoms with Crippen molar-refractivity contribution < 1.29 is 9.90 Å². The highest BCUT2D eigenvalue weighted by Crippen LogP contribution is 2.52. The number of benzene rings is 1. The number of primary amides is 1. The van der Waals surface area contributed by atoms with Crippen molar-refractivity contribution in [3.8, 4) is 0 Å². The predicted octanol–water partition coefficient (Wildman–Crippen LogP) is 1.88. The Labute approximate surface area is 168 Å². The lowest BCUT2D eigenvalue weighted by atomic mass is 9.72. The van der Waals surface area contributed by atoms with E-state index in [1.807, 2.05) is 22.9 Å². The number of anilines is 1. The topological polar surface area (TPSA) is 97.3 Å². The van der Waals surface area contributed by atoms with E-state index in [1.165, 1.54) is 17.3 Å². The third-order valence-electron chi connectivity index (χ3n) is 6.54. The smallest absolute Gasteiger partial charge is 0.250 e. The van der Waals surface area contributed by atoms with Crippen LogP contribution in [0.15, 0.2) is 61.3 Å². The Morgan fingerprint density at radius 3 is 2.62 bits per heavy atom. The lowest BCUT2D eigenvalue weighted by molar-refractivity contribution is 0.0492. The van der Waals surface area contributed by atoms with E-state index < -0.39 is 12.0 Å². The molecule has 1 fully saturated rings. The lowest BCUT2D eigenvalue weighted by Crippen LogP contribution is -2.48. The lowest BCUT2D eigenvalue weighted by Gasteiger charge is -2.43. The molecule has 7 heteroatoms. The van der Waals surface area contributed by atoms with E-state index in [0.717, 1.165) is 31.7 Å². The van der Waals surface area contributed by atoms with Gasteiger partial charge in [0, 0.05) is 37.1 Å². The number of amides is 1. The molecule has 0 saturated carbocycles. The Balaban J connectivity index is 1.43. The van der Waals surface area contributed by atoms with Crippen LogP contribution in [0.5, 0.6) is 0 Å². The molecule has 1 saturated heterocycles. The monoisotopic (exact) mass is 389 g/mol. The number of aromatic nitrogens is 3. The van der Waals surface area contributed by atoms with E-state index in [1.54, 1.807) is 18.6 Å². The predicted molar refractivity (Wildman–Crippen MR) is 109 cm³/mol. The third-order valence-corrected chi connectivity index (χ3v) is 6.54. The fourth-order valence-electron chi connectivity index (χ4n) is 5.02. The molecule has 1 spiro atoms. The van der Waals surface area contributed by atoms with Crippen LogP contribution in [-0.4, -0.2) is 44.7 Å². The average molecular weight is 389 g/mol. The van der Waals surface area contributed by atoms with Gasteiger partial charge in [0.05, 0.1) is 24.0 Å². The quantitative estimate of drug-likeness (QED) is 0.713.